The maximum absolute atomic E-state index is 12.2. The average molecular weight is 409 g/mol. The number of esters is 1. The molecule has 0 radical (unpaired) electrons. The Kier molecular flexibility index (Phi) is 6.30. The normalized spacial score (nSPS) is 17.1. The molecule has 28 heavy (non-hydrogen) atoms. The molecule has 0 unspecified atom stereocenters. The summed E-state index contributed by atoms with van der Waals surface area (Å²) in [4.78, 5) is 35.5. The number of nitrogens with one attached hydrogen (secondary N) is 3. The van der Waals surface area contributed by atoms with Crippen LogP contribution in [0.5, 0.6) is 0 Å². The minimum absolute atomic E-state index is 0.00174. The van der Waals surface area contributed by atoms with Gasteiger partial charge in [-0.1, -0.05) is 18.9 Å². The van der Waals surface area contributed by atoms with Crippen molar-refractivity contribution in [1.29, 1.82) is 0 Å². The third kappa shape index (κ3) is 5.77. The van der Waals surface area contributed by atoms with Crippen LogP contribution in [0.3, 0.4) is 0 Å². The number of amides is 3. The number of benzene rings is 1. The predicted octanol–water partition coefficient (Wildman–Crippen LogP) is 1.05. The van der Waals surface area contributed by atoms with Gasteiger partial charge in [-0.2, -0.15) is 0 Å². The zero-order valence-electron chi connectivity index (χ0n) is 15.3. The van der Waals surface area contributed by atoms with Crippen LogP contribution in [0.1, 0.15) is 48.9 Å². The molecule has 1 aromatic carbocycles. The second-order valence-electron chi connectivity index (χ2n) is 7.00. The van der Waals surface area contributed by atoms with Gasteiger partial charge in [-0.25, -0.2) is 22.7 Å². The lowest BCUT2D eigenvalue weighted by Gasteiger charge is -2.12. The van der Waals surface area contributed by atoms with E-state index in [4.69, 9.17) is 4.74 Å². The summed E-state index contributed by atoms with van der Waals surface area (Å²) >= 11 is 0. The zero-order valence-corrected chi connectivity index (χ0v) is 16.1. The van der Waals surface area contributed by atoms with Crippen molar-refractivity contribution in [3.8, 4) is 0 Å². The van der Waals surface area contributed by atoms with Gasteiger partial charge in [0, 0.05) is 12.1 Å². The molecular weight excluding hydrogens is 386 g/mol. The van der Waals surface area contributed by atoms with Crippen LogP contribution >= 0.6 is 0 Å². The number of hydrogen-bond donors (Lipinski definition) is 3. The number of sulfonamides is 1. The van der Waals surface area contributed by atoms with E-state index in [1.54, 1.807) is 0 Å². The highest BCUT2D eigenvalue weighted by Crippen LogP contribution is 2.22. The summed E-state index contributed by atoms with van der Waals surface area (Å²) in [5, 5.41) is 4.79. The minimum atomic E-state index is -3.70. The highest BCUT2D eigenvalue weighted by Gasteiger charge is 2.28. The number of carbonyl (C=O) groups is 3. The number of ether oxygens (including phenoxy) is 1. The standard InChI is InChI=1S/C18H23N3O6S/c22-16(20-18(24)19-13-5-1-2-6-13)11-27-17(23)12-4-3-7-15(10-12)28(25,26)21-14-8-9-14/h3-4,7,10,13-14,21H,1-2,5-6,8-9,11H2,(H2,19,20,22,24). The molecule has 3 N–H and O–H groups in total. The van der Waals surface area contributed by atoms with Gasteiger partial charge in [0.05, 0.1) is 10.5 Å². The van der Waals surface area contributed by atoms with Crippen molar-refractivity contribution in [2.45, 2.75) is 55.5 Å². The Balaban J connectivity index is 1.49. The summed E-state index contributed by atoms with van der Waals surface area (Å²) in [6, 6.07) is 4.77. The summed E-state index contributed by atoms with van der Waals surface area (Å²) in [5.74, 6) is -1.61. The Morgan fingerprint density at radius 1 is 1.04 bits per heavy atom. The first-order valence-corrected chi connectivity index (χ1v) is 10.7. The third-order valence-corrected chi connectivity index (χ3v) is 6.08. The molecule has 152 valence electrons. The van der Waals surface area contributed by atoms with Crippen molar-refractivity contribution in [3.63, 3.8) is 0 Å². The summed E-state index contributed by atoms with van der Waals surface area (Å²) in [5.41, 5.74) is 0.00174. The highest BCUT2D eigenvalue weighted by molar-refractivity contribution is 7.89. The SMILES string of the molecule is O=C(COC(=O)c1cccc(S(=O)(=O)NC2CC2)c1)NC(=O)NC1CCCC1. The maximum atomic E-state index is 12.2. The van der Waals surface area contributed by atoms with Crippen LogP contribution in [0.4, 0.5) is 4.79 Å². The molecule has 3 amide bonds. The molecule has 2 saturated carbocycles. The average Bonchev–Trinajstić information content (AvgIpc) is 3.31. The van der Waals surface area contributed by atoms with Gasteiger partial charge >= 0.3 is 12.0 Å². The van der Waals surface area contributed by atoms with Crippen LogP contribution in [-0.4, -0.2) is 45.0 Å². The summed E-state index contributed by atoms with van der Waals surface area (Å²) in [6.07, 6.45) is 5.44. The predicted molar refractivity (Wildman–Crippen MR) is 99.0 cm³/mol. The van der Waals surface area contributed by atoms with E-state index < -0.39 is 34.5 Å². The van der Waals surface area contributed by atoms with Crippen molar-refractivity contribution < 1.29 is 27.5 Å². The monoisotopic (exact) mass is 409 g/mol. The van der Waals surface area contributed by atoms with Crippen molar-refractivity contribution >= 4 is 27.9 Å². The van der Waals surface area contributed by atoms with Crippen LogP contribution < -0.4 is 15.4 Å². The molecule has 0 saturated heterocycles. The molecule has 1 aromatic rings. The fourth-order valence-corrected chi connectivity index (χ4v) is 4.30. The Morgan fingerprint density at radius 2 is 1.75 bits per heavy atom. The summed E-state index contributed by atoms with van der Waals surface area (Å²) < 4.78 is 31.8. The number of carbonyl (C=O) groups excluding carboxylic acids is 3. The third-order valence-electron chi connectivity index (χ3n) is 4.56. The van der Waals surface area contributed by atoms with E-state index >= 15 is 0 Å². The van der Waals surface area contributed by atoms with Gasteiger partial charge in [0.1, 0.15) is 0 Å². The van der Waals surface area contributed by atoms with Crippen molar-refractivity contribution in [2.75, 3.05) is 6.61 Å². The van der Waals surface area contributed by atoms with E-state index in [1.807, 2.05) is 0 Å². The lowest BCUT2D eigenvalue weighted by atomic mass is 10.2. The topological polar surface area (TPSA) is 131 Å². The second kappa shape index (κ2) is 8.70. The summed E-state index contributed by atoms with van der Waals surface area (Å²) in [7, 11) is -3.70. The van der Waals surface area contributed by atoms with Gasteiger partial charge in [-0.05, 0) is 43.9 Å². The van der Waals surface area contributed by atoms with Gasteiger partial charge in [0.2, 0.25) is 10.0 Å². The zero-order chi connectivity index (χ0) is 20.1. The van der Waals surface area contributed by atoms with Crippen LogP contribution in [0.2, 0.25) is 0 Å². The molecule has 3 rings (SSSR count). The molecule has 9 nitrogen and oxygen atoms in total. The fourth-order valence-electron chi connectivity index (χ4n) is 2.95. The molecular formula is C18H23N3O6S. The van der Waals surface area contributed by atoms with Crippen molar-refractivity contribution in [2.24, 2.45) is 0 Å². The fraction of sp³-hybridized carbons (Fsp3) is 0.500. The lowest BCUT2D eigenvalue weighted by molar-refractivity contribution is -0.123. The van der Waals surface area contributed by atoms with Gasteiger partial charge in [-0.15, -0.1) is 0 Å². The Labute approximate surface area is 163 Å². The second-order valence-corrected chi connectivity index (χ2v) is 8.72. The van der Waals surface area contributed by atoms with Crippen LogP contribution in [0.25, 0.3) is 0 Å². The van der Waals surface area contributed by atoms with Gasteiger partial charge in [0.15, 0.2) is 6.61 Å². The summed E-state index contributed by atoms with van der Waals surface area (Å²) in [6.45, 7) is -0.645. The Morgan fingerprint density at radius 3 is 2.43 bits per heavy atom. The first kappa shape index (κ1) is 20.3. The largest absolute Gasteiger partial charge is 0.452 e. The van der Waals surface area contributed by atoms with E-state index in [9.17, 15) is 22.8 Å². The van der Waals surface area contributed by atoms with Crippen LogP contribution in [-0.2, 0) is 19.6 Å². The van der Waals surface area contributed by atoms with Gasteiger partial charge in [-0.3, -0.25) is 10.1 Å². The lowest BCUT2D eigenvalue weighted by Crippen LogP contribution is -2.45. The Hall–Kier alpha value is -2.46. The van der Waals surface area contributed by atoms with Gasteiger partial charge < -0.3 is 10.1 Å². The maximum Gasteiger partial charge on any atom is 0.338 e. The quantitative estimate of drug-likeness (QED) is 0.577. The molecule has 2 aliphatic rings. The van der Waals surface area contributed by atoms with E-state index in [0.717, 1.165) is 38.5 Å². The number of urea groups is 1. The molecule has 2 aliphatic carbocycles. The molecule has 2 fully saturated rings. The number of hydrogen-bond acceptors (Lipinski definition) is 6. The molecule has 0 atom stereocenters. The van der Waals surface area contributed by atoms with Crippen LogP contribution in [0, 0.1) is 0 Å². The molecule has 10 heteroatoms. The first-order chi connectivity index (χ1) is 13.3. The highest BCUT2D eigenvalue weighted by atomic mass is 32.2. The molecule has 0 bridgehead atoms. The van der Waals surface area contributed by atoms with E-state index in [2.05, 4.69) is 15.4 Å². The van der Waals surface area contributed by atoms with E-state index in [-0.39, 0.29) is 22.5 Å². The van der Waals surface area contributed by atoms with E-state index in [1.165, 1.54) is 24.3 Å². The number of rotatable bonds is 7. The van der Waals surface area contributed by atoms with Gasteiger partial charge in [0.25, 0.3) is 5.91 Å². The van der Waals surface area contributed by atoms with Crippen LogP contribution in [0.15, 0.2) is 29.2 Å². The minimum Gasteiger partial charge on any atom is -0.452 e. The van der Waals surface area contributed by atoms with Crippen molar-refractivity contribution in [1.82, 2.24) is 15.4 Å². The Bertz CT molecular complexity index is 860. The first-order valence-electron chi connectivity index (χ1n) is 9.23. The van der Waals surface area contributed by atoms with E-state index in [0.29, 0.717) is 0 Å². The smallest absolute Gasteiger partial charge is 0.338 e. The molecule has 0 aliphatic heterocycles. The molecule has 0 spiro atoms. The molecule has 0 heterocycles. The number of imide groups is 1. The van der Waals surface area contributed by atoms with Crippen molar-refractivity contribution in [3.05, 3.63) is 29.8 Å². The molecule has 0 aromatic heterocycles.